The van der Waals surface area contributed by atoms with E-state index >= 15 is 0 Å². The van der Waals surface area contributed by atoms with Crippen LogP contribution in [0.25, 0.3) is 0 Å². The summed E-state index contributed by atoms with van der Waals surface area (Å²) in [6.07, 6.45) is 0. The van der Waals surface area contributed by atoms with Crippen molar-refractivity contribution in [2.24, 2.45) is 5.73 Å². The summed E-state index contributed by atoms with van der Waals surface area (Å²) in [5.41, 5.74) is 6.24. The highest BCUT2D eigenvalue weighted by Crippen LogP contribution is 2.15. The minimum absolute atomic E-state index is 0.191. The fourth-order valence-corrected chi connectivity index (χ4v) is 2.25. The van der Waals surface area contributed by atoms with Gasteiger partial charge in [0.2, 0.25) is 5.91 Å². The number of nitrogens with two attached hydrogens (primary N) is 1. The smallest absolute Gasteiger partial charge is 0.240 e. The van der Waals surface area contributed by atoms with Gasteiger partial charge in [-0.25, -0.2) is 0 Å². The van der Waals surface area contributed by atoms with Gasteiger partial charge < -0.3 is 20.7 Å². The molecule has 0 unspecified atom stereocenters. The number of amides is 1. The van der Waals surface area contributed by atoms with Gasteiger partial charge >= 0.3 is 0 Å². The second-order valence-corrected chi connectivity index (χ2v) is 5.80. The number of nitrogens with one attached hydrogen (secondary N) is 1. The highest BCUT2D eigenvalue weighted by Gasteiger charge is 2.13. The molecule has 6 heteroatoms. The molecule has 0 saturated carbocycles. The number of ether oxygens (including phenoxy) is 1. The van der Waals surface area contributed by atoms with Crippen molar-refractivity contribution in [3.63, 3.8) is 0 Å². The van der Waals surface area contributed by atoms with Crippen LogP contribution < -0.4 is 15.8 Å². The lowest BCUT2D eigenvalue weighted by atomic mass is 10.2. The number of carbonyl (C=O) groups excluding carboxylic acids is 1. The van der Waals surface area contributed by atoms with E-state index in [2.05, 4.69) is 22.2 Å². The molecule has 0 bridgehead atoms. The van der Waals surface area contributed by atoms with E-state index in [9.17, 15) is 4.79 Å². The van der Waals surface area contributed by atoms with Crippen LogP contribution in [0.3, 0.4) is 0 Å². The number of benzene rings is 1. The van der Waals surface area contributed by atoms with E-state index in [4.69, 9.17) is 10.5 Å². The largest absolute Gasteiger partial charge is 0.492 e. The summed E-state index contributed by atoms with van der Waals surface area (Å²) in [6.45, 7) is 7.71. The molecule has 1 aliphatic heterocycles. The third kappa shape index (κ3) is 5.29. The van der Waals surface area contributed by atoms with Crippen molar-refractivity contribution in [1.82, 2.24) is 9.80 Å². The SMILES string of the molecule is C[C@@H](N)C(=O)Nc1ccc(OCCN2CCN(C)CC2)cc1. The number of carbonyl (C=O) groups is 1. The highest BCUT2D eigenvalue weighted by atomic mass is 16.5. The van der Waals surface area contributed by atoms with E-state index in [1.807, 2.05) is 24.3 Å². The average molecular weight is 306 g/mol. The predicted molar refractivity (Wildman–Crippen MR) is 88.2 cm³/mol. The average Bonchev–Trinajstić information content (AvgIpc) is 2.51. The molecule has 1 aromatic carbocycles. The summed E-state index contributed by atoms with van der Waals surface area (Å²) in [4.78, 5) is 16.2. The molecule has 1 heterocycles. The van der Waals surface area contributed by atoms with Gasteiger partial charge in [-0.15, -0.1) is 0 Å². The van der Waals surface area contributed by atoms with E-state index in [-0.39, 0.29) is 5.91 Å². The first-order chi connectivity index (χ1) is 10.5. The minimum atomic E-state index is -0.514. The van der Waals surface area contributed by atoms with Crippen LogP contribution in [0.15, 0.2) is 24.3 Å². The standard InChI is InChI=1S/C16H26N4O2/c1-13(17)16(21)18-14-3-5-15(6-4-14)22-12-11-20-9-7-19(2)8-10-20/h3-6,13H,7-12,17H2,1-2H3,(H,18,21)/t13-/m1/s1. The third-order valence-corrected chi connectivity index (χ3v) is 3.81. The van der Waals surface area contributed by atoms with Gasteiger partial charge in [-0.2, -0.15) is 0 Å². The number of piperazine rings is 1. The Kier molecular flexibility index (Phi) is 6.18. The van der Waals surface area contributed by atoms with Gasteiger partial charge in [-0.1, -0.05) is 0 Å². The van der Waals surface area contributed by atoms with Crippen molar-refractivity contribution in [3.05, 3.63) is 24.3 Å². The summed E-state index contributed by atoms with van der Waals surface area (Å²) >= 11 is 0. The van der Waals surface area contributed by atoms with Gasteiger partial charge in [0.05, 0.1) is 6.04 Å². The van der Waals surface area contributed by atoms with Crippen LogP contribution in [0.5, 0.6) is 5.75 Å². The van der Waals surface area contributed by atoms with E-state index in [0.29, 0.717) is 6.61 Å². The fraction of sp³-hybridized carbons (Fsp3) is 0.562. The number of nitrogens with zero attached hydrogens (tertiary/aromatic N) is 2. The maximum atomic E-state index is 11.5. The first kappa shape index (κ1) is 16.7. The molecule has 122 valence electrons. The maximum Gasteiger partial charge on any atom is 0.240 e. The van der Waals surface area contributed by atoms with E-state index in [1.165, 1.54) is 0 Å². The minimum Gasteiger partial charge on any atom is -0.492 e. The zero-order valence-electron chi connectivity index (χ0n) is 13.4. The molecular formula is C16H26N4O2. The maximum absolute atomic E-state index is 11.5. The summed E-state index contributed by atoms with van der Waals surface area (Å²) < 4.78 is 5.75. The topological polar surface area (TPSA) is 70.8 Å². The van der Waals surface area contributed by atoms with Gasteiger partial charge in [-0.3, -0.25) is 9.69 Å². The lowest BCUT2D eigenvalue weighted by Gasteiger charge is -2.32. The Hall–Kier alpha value is -1.63. The molecule has 6 nitrogen and oxygen atoms in total. The van der Waals surface area contributed by atoms with Crippen molar-refractivity contribution in [2.45, 2.75) is 13.0 Å². The second kappa shape index (κ2) is 8.12. The third-order valence-electron chi connectivity index (χ3n) is 3.81. The molecule has 0 spiro atoms. The van der Waals surface area contributed by atoms with Crippen molar-refractivity contribution < 1.29 is 9.53 Å². The quantitative estimate of drug-likeness (QED) is 0.805. The monoisotopic (exact) mass is 306 g/mol. The molecule has 22 heavy (non-hydrogen) atoms. The first-order valence-corrected chi connectivity index (χ1v) is 7.75. The Morgan fingerprint density at radius 3 is 2.50 bits per heavy atom. The Bertz CT molecular complexity index is 468. The molecule has 0 radical (unpaired) electrons. The molecule has 1 saturated heterocycles. The molecular weight excluding hydrogens is 280 g/mol. The molecule has 0 aromatic heterocycles. The summed E-state index contributed by atoms with van der Waals surface area (Å²) in [7, 11) is 2.15. The van der Waals surface area contributed by atoms with Crippen LogP contribution in [0.4, 0.5) is 5.69 Å². The Balaban J connectivity index is 1.71. The summed E-state index contributed by atoms with van der Waals surface area (Å²) in [6, 6.07) is 6.86. The van der Waals surface area contributed by atoms with Gasteiger partial charge in [0.15, 0.2) is 0 Å². The molecule has 2 rings (SSSR count). The Morgan fingerprint density at radius 2 is 1.91 bits per heavy atom. The summed E-state index contributed by atoms with van der Waals surface area (Å²) in [5, 5.41) is 2.75. The highest BCUT2D eigenvalue weighted by molar-refractivity contribution is 5.94. The van der Waals surface area contributed by atoms with Crippen LogP contribution >= 0.6 is 0 Å². The lowest BCUT2D eigenvalue weighted by molar-refractivity contribution is -0.117. The van der Waals surface area contributed by atoms with Gasteiger partial charge in [0.25, 0.3) is 0 Å². The van der Waals surface area contributed by atoms with E-state index < -0.39 is 6.04 Å². The number of hydrogen-bond acceptors (Lipinski definition) is 5. The number of hydrogen-bond donors (Lipinski definition) is 2. The molecule has 1 atom stereocenters. The zero-order valence-corrected chi connectivity index (χ0v) is 13.4. The molecule has 3 N–H and O–H groups in total. The van der Waals surface area contributed by atoms with Crippen LogP contribution in [0, 0.1) is 0 Å². The second-order valence-electron chi connectivity index (χ2n) is 5.80. The normalized spacial score (nSPS) is 18.0. The van der Waals surface area contributed by atoms with Crippen LogP contribution in [0.1, 0.15) is 6.92 Å². The molecule has 1 aliphatic rings. The number of rotatable bonds is 6. The number of likely N-dealkylation sites (N-methyl/N-ethyl adjacent to an activating group) is 1. The molecule has 0 aliphatic carbocycles. The van der Waals surface area contributed by atoms with Crippen molar-refractivity contribution >= 4 is 11.6 Å². The number of anilines is 1. The van der Waals surface area contributed by atoms with Gasteiger partial charge in [-0.05, 0) is 38.2 Å². The molecule has 1 amide bonds. The van der Waals surface area contributed by atoms with Crippen molar-refractivity contribution in [2.75, 3.05) is 51.7 Å². The van der Waals surface area contributed by atoms with Gasteiger partial charge in [0.1, 0.15) is 12.4 Å². The molecule has 1 aromatic rings. The van der Waals surface area contributed by atoms with Crippen molar-refractivity contribution in [1.29, 1.82) is 0 Å². The van der Waals surface area contributed by atoms with Crippen LogP contribution in [-0.2, 0) is 4.79 Å². The molecule has 1 fully saturated rings. The van der Waals surface area contributed by atoms with Crippen LogP contribution in [-0.4, -0.2) is 68.1 Å². The Labute approximate surface area is 132 Å². The van der Waals surface area contributed by atoms with Gasteiger partial charge in [0, 0.05) is 38.4 Å². The zero-order chi connectivity index (χ0) is 15.9. The fourth-order valence-electron chi connectivity index (χ4n) is 2.25. The van der Waals surface area contributed by atoms with Crippen molar-refractivity contribution in [3.8, 4) is 5.75 Å². The summed E-state index contributed by atoms with van der Waals surface area (Å²) in [5.74, 6) is 0.622. The van der Waals surface area contributed by atoms with E-state index in [1.54, 1.807) is 6.92 Å². The Morgan fingerprint density at radius 1 is 1.27 bits per heavy atom. The first-order valence-electron chi connectivity index (χ1n) is 7.75. The van der Waals surface area contributed by atoms with Crippen LogP contribution in [0.2, 0.25) is 0 Å². The predicted octanol–water partition coefficient (Wildman–Crippen LogP) is 0.599. The lowest BCUT2D eigenvalue weighted by Crippen LogP contribution is -2.45. The van der Waals surface area contributed by atoms with E-state index in [0.717, 1.165) is 44.2 Å².